The van der Waals surface area contributed by atoms with Crippen LogP contribution in [0, 0.1) is 5.92 Å². The second-order valence-corrected chi connectivity index (χ2v) is 8.19. The van der Waals surface area contributed by atoms with Crippen LogP contribution >= 0.6 is 0 Å². The molecule has 7 nitrogen and oxygen atoms in total. The van der Waals surface area contributed by atoms with Crippen LogP contribution in [0.2, 0.25) is 0 Å². The largest absolute Gasteiger partial charge is 0.493 e. The Kier molecular flexibility index (Phi) is 6.73. The molecule has 2 aromatic rings. The van der Waals surface area contributed by atoms with Gasteiger partial charge in [0.2, 0.25) is 0 Å². The number of rotatable bonds is 7. The maximum Gasteiger partial charge on any atom is 0.341 e. The van der Waals surface area contributed by atoms with Crippen molar-refractivity contribution in [2.24, 2.45) is 10.9 Å². The lowest BCUT2D eigenvalue weighted by Gasteiger charge is -2.31. The average molecular weight is 437 g/mol. The van der Waals surface area contributed by atoms with E-state index in [1.165, 1.54) is 0 Å². The summed E-state index contributed by atoms with van der Waals surface area (Å²) < 4.78 is 17.2. The van der Waals surface area contributed by atoms with Crippen LogP contribution in [-0.2, 0) is 16.1 Å². The van der Waals surface area contributed by atoms with E-state index in [1.54, 1.807) is 26.2 Å². The Labute approximate surface area is 187 Å². The number of hydrogen-bond acceptors (Lipinski definition) is 5. The topological polar surface area (TPSA) is 86.2 Å². The van der Waals surface area contributed by atoms with Gasteiger partial charge >= 0.3 is 12.0 Å². The Balaban J connectivity index is 1.55. The molecular formula is C25H28N2O5. The lowest BCUT2D eigenvalue weighted by molar-refractivity contribution is -0.152. The molecule has 1 heterocycles. The number of carbonyl (C=O) groups is 2. The van der Waals surface area contributed by atoms with E-state index < -0.39 is 18.0 Å². The van der Waals surface area contributed by atoms with Crippen molar-refractivity contribution in [3.05, 3.63) is 59.7 Å². The normalized spacial score (nSPS) is 20.9. The van der Waals surface area contributed by atoms with E-state index in [0.717, 1.165) is 36.8 Å². The molecule has 0 aromatic heterocycles. The molecule has 0 bridgehead atoms. The molecule has 2 atom stereocenters. The summed E-state index contributed by atoms with van der Waals surface area (Å²) in [6.07, 6.45) is 3.84. The zero-order valence-corrected chi connectivity index (χ0v) is 18.4. The van der Waals surface area contributed by atoms with Gasteiger partial charge in [0, 0.05) is 5.71 Å². The summed E-state index contributed by atoms with van der Waals surface area (Å²) in [4.78, 5) is 29.1. The Morgan fingerprint density at radius 1 is 1.09 bits per heavy atom. The standard InChI is InChI=1S/C25H28N2O5/c1-16-22(24(28)32-19-10-6-7-11-19)23(27-25(29)26-16)18-12-13-20(21(14-18)30-2)31-15-17-8-4-3-5-9-17/h3-5,8-9,12-14,19,22-23H,6-7,10-11,15H2,1-2H3,(H,27,29). The first-order chi connectivity index (χ1) is 15.5. The molecular weight excluding hydrogens is 408 g/mol. The maximum atomic E-state index is 13.0. The smallest absolute Gasteiger partial charge is 0.341 e. The highest BCUT2D eigenvalue weighted by molar-refractivity contribution is 6.08. The minimum absolute atomic E-state index is 0.0584. The molecule has 2 aromatic carbocycles. The predicted molar refractivity (Wildman–Crippen MR) is 120 cm³/mol. The van der Waals surface area contributed by atoms with E-state index in [4.69, 9.17) is 14.2 Å². The van der Waals surface area contributed by atoms with Gasteiger partial charge in [-0.1, -0.05) is 36.4 Å². The van der Waals surface area contributed by atoms with E-state index in [2.05, 4.69) is 10.3 Å². The van der Waals surface area contributed by atoms with E-state index in [9.17, 15) is 9.59 Å². The van der Waals surface area contributed by atoms with Gasteiger partial charge in [-0.3, -0.25) is 4.79 Å². The van der Waals surface area contributed by atoms with Gasteiger partial charge in [0.25, 0.3) is 0 Å². The molecule has 4 rings (SSSR count). The molecule has 1 aliphatic carbocycles. The number of carbonyl (C=O) groups excluding carboxylic acids is 2. The molecule has 1 aliphatic heterocycles. The third-order valence-corrected chi connectivity index (χ3v) is 5.96. The Bertz CT molecular complexity index is 999. The highest BCUT2D eigenvalue weighted by atomic mass is 16.5. The van der Waals surface area contributed by atoms with Crippen molar-refractivity contribution in [2.75, 3.05) is 7.11 Å². The fraction of sp³-hybridized carbons (Fsp3) is 0.400. The summed E-state index contributed by atoms with van der Waals surface area (Å²) >= 11 is 0. The van der Waals surface area contributed by atoms with Crippen LogP contribution < -0.4 is 14.8 Å². The van der Waals surface area contributed by atoms with Crippen LogP contribution in [0.3, 0.4) is 0 Å². The summed E-state index contributed by atoms with van der Waals surface area (Å²) in [5, 5.41) is 2.82. The Morgan fingerprint density at radius 3 is 2.56 bits per heavy atom. The molecule has 1 N–H and O–H groups in total. The van der Waals surface area contributed by atoms with Crippen LogP contribution in [0.5, 0.6) is 11.5 Å². The molecule has 0 saturated heterocycles. The number of ether oxygens (including phenoxy) is 3. The van der Waals surface area contributed by atoms with E-state index >= 15 is 0 Å². The zero-order valence-electron chi connectivity index (χ0n) is 18.4. The third-order valence-electron chi connectivity index (χ3n) is 5.96. The number of benzene rings is 2. The van der Waals surface area contributed by atoms with Crippen molar-refractivity contribution in [3.8, 4) is 11.5 Å². The fourth-order valence-electron chi connectivity index (χ4n) is 4.28. The molecule has 168 valence electrons. The average Bonchev–Trinajstić information content (AvgIpc) is 3.30. The van der Waals surface area contributed by atoms with Crippen LogP contribution in [-0.4, -0.2) is 30.9 Å². The number of methoxy groups -OCH3 is 1. The van der Waals surface area contributed by atoms with Crippen LogP contribution in [0.15, 0.2) is 53.5 Å². The number of aliphatic imine (C=N–C) groups is 1. The first-order valence-corrected chi connectivity index (χ1v) is 11.0. The molecule has 0 radical (unpaired) electrons. The third kappa shape index (κ3) is 4.93. The minimum Gasteiger partial charge on any atom is -0.493 e. The van der Waals surface area contributed by atoms with Gasteiger partial charge in [-0.15, -0.1) is 0 Å². The summed E-state index contributed by atoms with van der Waals surface area (Å²) in [5.41, 5.74) is 2.22. The lowest BCUT2D eigenvalue weighted by atomic mass is 9.88. The van der Waals surface area contributed by atoms with Gasteiger partial charge in [-0.2, -0.15) is 0 Å². The van der Waals surface area contributed by atoms with Gasteiger partial charge in [-0.05, 0) is 55.9 Å². The SMILES string of the molecule is COc1cc(C2NC(=O)N=C(C)C2C(=O)OC2CCCC2)ccc1OCc1ccccc1. The fourth-order valence-corrected chi connectivity index (χ4v) is 4.28. The van der Waals surface area contributed by atoms with Crippen molar-refractivity contribution in [3.63, 3.8) is 0 Å². The number of amides is 2. The molecule has 2 amide bonds. The Morgan fingerprint density at radius 2 is 1.84 bits per heavy atom. The number of nitrogens with one attached hydrogen (secondary N) is 1. The minimum atomic E-state index is -0.686. The first kappa shape index (κ1) is 21.9. The van der Waals surface area contributed by atoms with E-state index in [-0.39, 0.29) is 12.1 Å². The monoisotopic (exact) mass is 436 g/mol. The molecule has 1 fully saturated rings. The van der Waals surface area contributed by atoms with Gasteiger partial charge in [0.05, 0.1) is 13.2 Å². The number of esters is 1. The molecule has 0 spiro atoms. The molecule has 7 heteroatoms. The Hall–Kier alpha value is -3.35. The van der Waals surface area contributed by atoms with E-state index in [0.29, 0.717) is 23.8 Å². The van der Waals surface area contributed by atoms with Gasteiger partial charge in [0.15, 0.2) is 11.5 Å². The van der Waals surface area contributed by atoms with Crippen molar-refractivity contribution in [1.82, 2.24) is 5.32 Å². The first-order valence-electron chi connectivity index (χ1n) is 11.0. The maximum absolute atomic E-state index is 13.0. The quantitative estimate of drug-likeness (QED) is 0.641. The van der Waals surface area contributed by atoms with Crippen molar-refractivity contribution in [1.29, 1.82) is 0 Å². The summed E-state index contributed by atoms with van der Waals surface area (Å²) in [5.74, 6) is 0.0640. The zero-order chi connectivity index (χ0) is 22.5. The number of urea groups is 1. The van der Waals surface area contributed by atoms with Crippen molar-refractivity contribution < 1.29 is 23.8 Å². The van der Waals surface area contributed by atoms with Crippen LogP contribution in [0.4, 0.5) is 4.79 Å². The van der Waals surface area contributed by atoms with Gasteiger partial charge in [0.1, 0.15) is 18.6 Å². The van der Waals surface area contributed by atoms with Crippen LogP contribution in [0.25, 0.3) is 0 Å². The van der Waals surface area contributed by atoms with Gasteiger partial charge in [-0.25, -0.2) is 9.79 Å². The predicted octanol–water partition coefficient (Wildman–Crippen LogP) is 4.60. The molecule has 2 aliphatic rings. The molecule has 1 saturated carbocycles. The second kappa shape index (κ2) is 9.85. The summed E-state index contributed by atoms with van der Waals surface area (Å²) in [6.45, 7) is 2.10. The number of hydrogen-bond donors (Lipinski definition) is 1. The molecule has 2 unspecified atom stereocenters. The molecule has 32 heavy (non-hydrogen) atoms. The second-order valence-electron chi connectivity index (χ2n) is 8.19. The summed E-state index contributed by atoms with van der Waals surface area (Å²) in [7, 11) is 1.56. The van der Waals surface area contributed by atoms with Gasteiger partial charge < -0.3 is 19.5 Å². The van der Waals surface area contributed by atoms with E-state index in [1.807, 2.05) is 36.4 Å². The highest BCUT2D eigenvalue weighted by Gasteiger charge is 2.39. The van der Waals surface area contributed by atoms with Crippen molar-refractivity contribution in [2.45, 2.75) is 51.4 Å². The van der Waals surface area contributed by atoms with Crippen molar-refractivity contribution >= 4 is 17.7 Å². The summed E-state index contributed by atoms with van der Waals surface area (Å²) in [6, 6.07) is 14.2. The number of nitrogens with zero attached hydrogens (tertiary/aromatic N) is 1. The highest BCUT2D eigenvalue weighted by Crippen LogP contribution is 2.36. The lowest BCUT2D eigenvalue weighted by Crippen LogP contribution is -2.44. The van der Waals surface area contributed by atoms with Crippen LogP contribution in [0.1, 0.15) is 49.8 Å².